The number of carbonyl (C=O) groups excluding carboxylic acids is 2. The van der Waals surface area contributed by atoms with Crippen LogP contribution in [0.5, 0.6) is 5.75 Å². The fraction of sp³-hybridized carbons (Fsp3) is 0.222. The fourth-order valence-electron chi connectivity index (χ4n) is 2.11. The highest BCUT2D eigenvalue weighted by molar-refractivity contribution is 9.10. The highest BCUT2D eigenvalue weighted by atomic mass is 79.9. The zero-order chi connectivity index (χ0) is 17.5. The number of rotatable bonds is 6. The molecule has 0 heterocycles. The molecule has 6 heteroatoms. The molecule has 24 heavy (non-hydrogen) atoms. The third-order valence-electron chi connectivity index (χ3n) is 3.18. The van der Waals surface area contributed by atoms with Gasteiger partial charge in [-0.05, 0) is 59.6 Å². The van der Waals surface area contributed by atoms with Crippen molar-refractivity contribution in [1.82, 2.24) is 0 Å². The number of nitrogens with one attached hydrogen (secondary N) is 2. The van der Waals surface area contributed by atoms with E-state index in [4.69, 9.17) is 4.74 Å². The van der Waals surface area contributed by atoms with Gasteiger partial charge in [0.2, 0.25) is 11.8 Å². The lowest BCUT2D eigenvalue weighted by Crippen LogP contribution is -2.21. The van der Waals surface area contributed by atoms with E-state index in [1.165, 1.54) is 0 Å². The normalized spacial score (nSPS) is 10.1. The van der Waals surface area contributed by atoms with Gasteiger partial charge in [-0.2, -0.15) is 0 Å². The Morgan fingerprint density at radius 2 is 1.71 bits per heavy atom. The predicted molar refractivity (Wildman–Crippen MR) is 98.4 cm³/mol. The molecule has 0 bridgehead atoms. The Kier molecular flexibility index (Phi) is 6.37. The van der Waals surface area contributed by atoms with Crippen molar-refractivity contribution in [2.24, 2.45) is 0 Å². The number of anilines is 2. The van der Waals surface area contributed by atoms with Gasteiger partial charge in [0.1, 0.15) is 12.2 Å². The van der Waals surface area contributed by atoms with E-state index in [1.807, 2.05) is 32.0 Å². The first-order chi connectivity index (χ1) is 11.5. The van der Waals surface area contributed by atoms with Crippen LogP contribution in [-0.4, -0.2) is 18.4 Å². The smallest absolute Gasteiger partial charge is 0.233 e. The Morgan fingerprint density at radius 1 is 1.04 bits per heavy atom. The molecule has 0 atom stereocenters. The number of para-hydroxylation sites is 2. The molecular weight excluding hydrogens is 372 g/mol. The van der Waals surface area contributed by atoms with Gasteiger partial charge < -0.3 is 15.4 Å². The molecule has 2 N–H and O–H groups in total. The van der Waals surface area contributed by atoms with Gasteiger partial charge in [0.25, 0.3) is 0 Å². The number of halogens is 1. The summed E-state index contributed by atoms with van der Waals surface area (Å²) >= 11 is 3.39. The second-order valence-electron chi connectivity index (χ2n) is 5.19. The lowest BCUT2D eigenvalue weighted by molar-refractivity contribution is -0.123. The van der Waals surface area contributed by atoms with E-state index in [2.05, 4.69) is 26.6 Å². The Bertz CT molecular complexity index is 747. The molecule has 0 unspecified atom stereocenters. The minimum Gasteiger partial charge on any atom is -0.492 e. The molecule has 0 aliphatic carbocycles. The van der Waals surface area contributed by atoms with E-state index in [9.17, 15) is 9.59 Å². The van der Waals surface area contributed by atoms with Crippen molar-refractivity contribution < 1.29 is 14.3 Å². The molecule has 0 saturated carbocycles. The second-order valence-corrected chi connectivity index (χ2v) is 6.04. The van der Waals surface area contributed by atoms with Gasteiger partial charge in [-0.15, -0.1) is 0 Å². The molecule has 126 valence electrons. The number of aryl methyl sites for hydroxylation is 1. The summed E-state index contributed by atoms with van der Waals surface area (Å²) in [6, 6.07) is 12.7. The third kappa shape index (κ3) is 5.09. The van der Waals surface area contributed by atoms with Crippen LogP contribution < -0.4 is 15.4 Å². The summed E-state index contributed by atoms with van der Waals surface area (Å²) in [7, 11) is 0. The molecule has 0 fully saturated rings. The average molecular weight is 391 g/mol. The van der Waals surface area contributed by atoms with Crippen LogP contribution in [0.1, 0.15) is 18.9 Å². The minimum atomic E-state index is -0.400. The summed E-state index contributed by atoms with van der Waals surface area (Å²) in [6.07, 6.45) is -0.277. The van der Waals surface area contributed by atoms with Gasteiger partial charge in [-0.25, -0.2) is 0 Å². The molecular formula is C18H19BrN2O3. The van der Waals surface area contributed by atoms with Crippen molar-refractivity contribution in [3.05, 3.63) is 52.5 Å². The highest BCUT2D eigenvalue weighted by Crippen LogP contribution is 2.25. The first-order valence-corrected chi connectivity index (χ1v) is 8.36. The van der Waals surface area contributed by atoms with E-state index in [0.29, 0.717) is 23.7 Å². The highest BCUT2D eigenvalue weighted by Gasteiger charge is 2.13. The number of ether oxygens (including phenoxy) is 1. The molecule has 0 radical (unpaired) electrons. The van der Waals surface area contributed by atoms with Gasteiger partial charge in [0.05, 0.1) is 18.0 Å². The van der Waals surface area contributed by atoms with Crippen molar-refractivity contribution in [3.63, 3.8) is 0 Å². The van der Waals surface area contributed by atoms with Crippen LogP contribution in [-0.2, 0) is 9.59 Å². The molecule has 0 aliphatic rings. The quantitative estimate of drug-likeness (QED) is 0.728. The van der Waals surface area contributed by atoms with Crippen molar-refractivity contribution in [2.45, 2.75) is 20.3 Å². The van der Waals surface area contributed by atoms with Crippen LogP contribution in [0.2, 0.25) is 0 Å². The first kappa shape index (κ1) is 18.0. The van der Waals surface area contributed by atoms with Crippen molar-refractivity contribution in [3.8, 4) is 5.75 Å². The van der Waals surface area contributed by atoms with Crippen molar-refractivity contribution in [1.29, 1.82) is 0 Å². The molecule has 2 aromatic carbocycles. The largest absolute Gasteiger partial charge is 0.492 e. The fourth-order valence-corrected chi connectivity index (χ4v) is 2.70. The number of carbonyl (C=O) groups is 2. The maximum Gasteiger partial charge on any atom is 0.233 e. The standard InChI is InChI=1S/C18H19BrN2O3/c1-3-24-16-7-5-4-6-15(16)21-18(23)11-17(22)20-14-9-8-12(2)10-13(14)19/h4-10H,3,11H2,1-2H3,(H,20,22)(H,21,23). The van der Waals surface area contributed by atoms with Gasteiger partial charge in [0.15, 0.2) is 0 Å². The number of benzene rings is 2. The maximum absolute atomic E-state index is 12.1. The van der Waals surface area contributed by atoms with Gasteiger partial charge in [-0.3, -0.25) is 9.59 Å². The molecule has 2 amide bonds. The summed E-state index contributed by atoms with van der Waals surface area (Å²) < 4.78 is 6.22. The van der Waals surface area contributed by atoms with E-state index < -0.39 is 5.91 Å². The predicted octanol–water partition coefficient (Wildman–Crippen LogP) is 4.12. The molecule has 2 aromatic rings. The van der Waals surface area contributed by atoms with Crippen LogP contribution >= 0.6 is 15.9 Å². The van der Waals surface area contributed by atoms with Crippen LogP contribution in [0.25, 0.3) is 0 Å². The Morgan fingerprint density at radius 3 is 2.38 bits per heavy atom. The summed E-state index contributed by atoms with van der Waals surface area (Å²) in [5.41, 5.74) is 2.26. The van der Waals surface area contributed by atoms with Gasteiger partial charge in [0, 0.05) is 4.47 Å². The Balaban J connectivity index is 1.96. The molecule has 0 aliphatic heterocycles. The van der Waals surface area contributed by atoms with Crippen LogP contribution in [0, 0.1) is 6.92 Å². The summed E-state index contributed by atoms with van der Waals surface area (Å²) in [4.78, 5) is 24.1. The zero-order valence-electron chi connectivity index (χ0n) is 13.6. The van der Waals surface area contributed by atoms with Gasteiger partial charge in [-0.1, -0.05) is 18.2 Å². The van der Waals surface area contributed by atoms with E-state index >= 15 is 0 Å². The Labute approximate surface area is 149 Å². The molecule has 2 rings (SSSR count). The number of amides is 2. The second kappa shape index (κ2) is 8.49. The van der Waals surface area contributed by atoms with E-state index in [-0.39, 0.29) is 12.3 Å². The molecule has 0 saturated heterocycles. The lowest BCUT2D eigenvalue weighted by atomic mass is 10.2. The Hall–Kier alpha value is -2.34. The van der Waals surface area contributed by atoms with Gasteiger partial charge >= 0.3 is 0 Å². The number of hydrogen-bond donors (Lipinski definition) is 2. The van der Waals surface area contributed by atoms with Crippen LogP contribution in [0.3, 0.4) is 0 Å². The van der Waals surface area contributed by atoms with Crippen LogP contribution in [0.15, 0.2) is 46.9 Å². The monoisotopic (exact) mass is 390 g/mol. The first-order valence-electron chi connectivity index (χ1n) is 7.57. The number of hydrogen-bond acceptors (Lipinski definition) is 3. The summed E-state index contributed by atoms with van der Waals surface area (Å²) in [5, 5.41) is 5.42. The third-order valence-corrected chi connectivity index (χ3v) is 3.84. The maximum atomic E-state index is 12.1. The zero-order valence-corrected chi connectivity index (χ0v) is 15.1. The molecule has 5 nitrogen and oxygen atoms in total. The topological polar surface area (TPSA) is 67.4 Å². The van der Waals surface area contributed by atoms with E-state index in [0.717, 1.165) is 10.0 Å². The minimum absolute atomic E-state index is 0.277. The van der Waals surface area contributed by atoms with Crippen LogP contribution in [0.4, 0.5) is 11.4 Å². The molecule has 0 spiro atoms. The van der Waals surface area contributed by atoms with E-state index in [1.54, 1.807) is 24.3 Å². The SMILES string of the molecule is CCOc1ccccc1NC(=O)CC(=O)Nc1ccc(C)cc1Br. The molecule has 0 aromatic heterocycles. The summed E-state index contributed by atoms with van der Waals surface area (Å²) in [6.45, 7) is 4.32. The summed E-state index contributed by atoms with van der Waals surface area (Å²) in [5.74, 6) is -0.205. The average Bonchev–Trinajstić information content (AvgIpc) is 2.52. The lowest BCUT2D eigenvalue weighted by Gasteiger charge is -2.11. The van der Waals surface area contributed by atoms with Crippen molar-refractivity contribution in [2.75, 3.05) is 17.2 Å². The van der Waals surface area contributed by atoms with Crippen molar-refractivity contribution >= 4 is 39.1 Å².